The van der Waals surface area contributed by atoms with Crippen LogP contribution in [0.3, 0.4) is 0 Å². The molecule has 1 aromatic carbocycles. The van der Waals surface area contributed by atoms with Crippen molar-refractivity contribution in [2.45, 2.75) is 31.7 Å². The average molecular weight is 215 g/mol. The number of hydrogen-bond donors (Lipinski definition) is 1. The van der Waals surface area contributed by atoms with E-state index >= 15 is 0 Å². The van der Waals surface area contributed by atoms with Gasteiger partial charge in [-0.05, 0) is 11.8 Å². The van der Waals surface area contributed by atoms with E-state index in [1.165, 1.54) is 0 Å². The van der Waals surface area contributed by atoms with E-state index in [9.17, 15) is 13.2 Å². The molecule has 15 heavy (non-hydrogen) atoms. The second-order valence-electron chi connectivity index (χ2n) is 4.64. The van der Waals surface area contributed by atoms with Crippen molar-refractivity contribution < 1.29 is 13.2 Å². The number of hydrogen-bond acceptors (Lipinski definition) is 1. The summed E-state index contributed by atoms with van der Waals surface area (Å²) in [6.07, 6.45) is 0.430. The standard InChI is InChI=1S/C11H12F3N/c1-11(2)4-7(15)8-9(11)5(12)3-6(13)10(8)14/h3,7H,4,15H2,1-2H3/t7-/m1/s1. The van der Waals surface area contributed by atoms with Crippen LogP contribution in [0.1, 0.15) is 37.4 Å². The zero-order valence-corrected chi connectivity index (χ0v) is 8.57. The van der Waals surface area contributed by atoms with Crippen molar-refractivity contribution in [2.75, 3.05) is 0 Å². The number of benzene rings is 1. The van der Waals surface area contributed by atoms with Crippen molar-refractivity contribution >= 4 is 0 Å². The first-order valence-corrected chi connectivity index (χ1v) is 4.78. The highest BCUT2D eigenvalue weighted by atomic mass is 19.2. The fraction of sp³-hybridized carbons (Fsp3) is 0.455. The van der Waals surface area contributed by atoms with Gasteiger partial charge in [0, 0.05) is 23.2 Å². The van der Waals surface area contributed by atoms with Crippen molar-refractivity contribution in [3.8, 4) is 0 Å². The minimum atomic E-state index is -1.17. The van der Waals surface area contributed by atoms with E-state index in [1.807, 2.05) is 0 Å². The number of fused-ring (bicyclic) bond motifs is 1. The molecule has 0 saturated carbocycles. The molecule has 0 unspecified atom stereocenters. The lowest BCUT2D eigenvalue weighted by atomic mass is 9.86. The normalized spacial score (nSPS) is 22.9. The minimum absolute atomic E-state index is 0.00231. The Morgan fingerprint density at radius 1 is 1.27 bits per heavy atom. The maximum Gasteiger partial charge on any atom is 0.164 e. The zero-order valence-electron chi connectivity index (χ0n) is 8.57. The molecule has 4 heteroatoms. The Morgan fingerprint density at radius 3 is 2.47 bits per heavy atom. The van der Waals surface area contributed by atoms with E-state index in [-0.39, 0.29) is 11.1 Å². The summed E-state index contributed by atoms with van der Waals surface area (Å²) in [6, 6.07) is -0.0336. The van der Waals surface area contributed by atoms with Crippen molar-refractivity contribution in [3.05, 3.63) is 34.6 Å². The van der Waals surface area contributed by atoms with Gasteiger partial charge in [-0.2, -0.15) is 0 Å². The Hall–Kier alpha value is -1.03. The van der Waals surface area contributed by atoms with Gasteiger partial charge >= 0.3 is 0 Å². The average Bonchev–Trinajstić information content (AvgIpc) is 2.32. The first-order valence-electron chi connectivity index (χ1n) is 4.78. The lowest BCUT2D eigenvalue weighted by molar-refractivity contribution is 0.460. The Balaban J connectivity index is 2.78. The Bertz CT molecular complexity index is 426. The Labute approximate surface area is 86.1 Å². The Morgan fingerprint density at radius 2 is 1.87 bits per heavy atom. The van der Waals surface area contributed by atoms with Crippen LogP contribution in [0.2, 0.25) is 0 Å². The monoisotopic (exact) mass is 215 g/mol. The third kappa shape index (κ3) is 1.35. The predicted octanol–water partition coefficient (Wildman–Crippen LogP) is 2.79. The van der Waals surface area contributed by atoms with Crippen molar-refractivity contribution in [3.63, 3.8) is 0 Å². The van der Waals surface area contributed by atoms with Crippen LogP contribution in [0.5, 0.6) is 0 Å². The summed E-state index contributed by atoms with van der Waals surface area (Å²) < 4.78 is 40.0. The Kier molecular flexibility index (Phi) is 2.08. The van der Waals surface area contributed by atoms with Crippen molar-refractivity contribution in [1.82, 2.24) is 0 Å². The van der Waals surface area contributed by atoms with E-state index in [4.69, 9.17) is 5.73 Å². The summed E-state index contributed by atoms with van der Waals surface area (Å²) in [6.45, 7) is 3.55. The van der Waals surface area contributed by atoms with Crippen LogP contribution in [0, 0.1) is 17.5 Å². The summed E-state index contributed by atoms with van der Waals surface area (Å²) in [4.78, 5) is 0. The van der Waals surface area contributed by atoms with E-state index in [2.05, 4.69) is 0 Å². The highest BCUT2D eigenvalue weighted by molar-refractivity contribution is 5.43. The number of rotatable bonds is 0. The molecule has 1 aromatic rings. The molecule has 1 aliphatic carbocycles. The fourth-order valence-electron chi connectivity index (χ4n) is 2.40. The first kappa shape index (κ1) is 10.5. The van der Waals surface area contributed by atoms with Gasteiger partial charge in [-0.1, -0.05) is 13.8 Å². The maximum atomic E-state index is 13.5. The third-order valence-electron chi connectivity index (χ3n) is 2.99. The second-order valence-corrected chi connectivity index (χ2v) is 4.64. The molecule has 0 amide bonds. The molecule has 1 aliphatic rings. The molecule has 0 fully saturated rings. The molecule has 0 saturated heterocycles. The first-order chi connectivity index (χ1) is 6.84. The van der Waals surface area contributed by atoms with Gasteiger partial charge in [0.2, 0.25) is 0 Å². The lowest BCUT2D eigenvalue weighted by Gasteiger charge is -2.19. The van der Waals surface area contributed by atoms with E-state index < -0.39 is 28.9 Å². The van der Waals surface area contributed by atoms with Gasteiger partial charge < -0.3 is 5.73 Å². The van der Waals surface area contributed by atoms with E-state index in [0.29, 0.717) is 12.5 Å². The molecule has 1 atom stereocenters. The van der Waals surface area contributed by atoms with Crippen LogP contribution in [-0.4, -0.2) is 0 Å². The fourth-order valence-corrected chi connectivity index (χ4v) is 2.40. The highest BCUT2D eigenvalue weighted by Crippen LogP contribution is 2.46. The van der Waals surface area contributed by atoms with Crippen molar-refractivity contribution in [1.29, 1.82) is 0 Å². The largest absolute Gasteiger partial charge is 0.324 e. The van der Waals surface area contributed by atoms with Crippen molar-refractivity contribution in [2.24, 2.45) is 5.73 Å². The van der Waals surface area contributed by atoms with Crippen LogP contribution < -0.4 is 5.73 Å². The van der Waals surface area contributed by atoms with Gasteiger partial charge in [-0.25, -0.2) is 13.2 Å². The molecule has 0 aliphatic heterocycles. The maximum absolute atomic E-state index is 13.5. The molecule has 82 valence electrons. The van der Waals surface area contributed by atoms with Gasteiger partial charge in [0.1, 0.15) is 5.82 Å². The molecule has 1 nitrogen and oxygen atoms in total. The van der Waals surface area contributed by atoms with Crippen LogP contribution in [0.4, 0.5) is 13.2 Å². The predicted molar refractivity (Wildman–Crippen MR) is 50.9 cm³/mol. The van der Waals surface area contributed by atoms with Crippen LogP contribution in [0.25, 0.3) is 0 Å². The topological polar surface area (TPSA) is 26.0 Å². The van der Waals surface area contributed by atoms with E-state index in [0.717, 1.165) is 0 Å². The van der Waals surface area contributed by atoms with Crippen LogP contribution >= 0.6 is 0 Å². The molecule has 0 spiro atoms. The smallest absolute Gasteiger partial charge is 0.164 e. The van der Waals surface area contributed by atoms with Gasteiger partial charge in [-0.3, -0.25) is 0 Å². The lowest BCUT2D eigenvalue weighted by Crippen LogP contribution is -2.15. The zero-order chi connectivity index (χ0) is 11.4. The third-order valence-corrected chi connectivity index (χ3v) is 2.99. The minimum Gasteiger partial charge on any atom is -0.324 e. The highest BCUT2D eigenvalue weighted by Gasteiger charge is 2.40. The number of halogens is 3. The quantitative estimate of drug-likeness (QED) is 0.661. The second kappa shape index (κ2) is 2.98. The van der Waals surface area contributed by atoms with Gasteiger partial charge in [-0.15, -0.1) is 0 Å². The molecular weight excluding hydrogens is 203 g/mol. The summed E-state index contributed by atoms with van der Waals surface area (Å²) in [5.41, 5.74) is 5.37. The molecule has 2 N–H and O–H groups in total. The van der Waals surface area contributed by atoms with Gasteiger partial charge in [0.15, 0.2) is 11.6 Å². The molecule has 0 heterocycles. The molecule has 0 aromatic heterocycles. The van der Waals surface area contributed by atoms with Gasteiger partial charge in [0.25, 0.3) is 0 Å². The van der Waals surface area contributed by atoms with E-state index in [1.54, 1.807) is 13.8 Å². The molecule has 0 radical (unpaired) electrons. The summed E-state index contributed by atoms with van der Waals surface area (Å²) >= 11 is 0. The molecule has 2 rings (SSSR count). The van der Waals surface area contributed by atoms with Crippen LogP contribution in [0.15, 0.2) is 6.07 Å². The number of nitrogens with two attached hydrogens (primary N) is 1. The molecule has 0 bridgehead atoms. The summed E-state index contributed by atoms with van der Waals surface area (Å²) in [5, 5.41) is 0. The van der Waals surface area contributed by atoms with Gasteiger partial charge in [0.05, 0.1) is 0 Å². The SMILES string of the molecule is CC1(C)C[C@@H](N)c2c(F)c(F)cc(F)c21. The summed E-state index contributed by atoms with van der Waals surface area (Å²) in [7, 11) is 0. The molecular formula is C11H12F3N. The summed E-state index contributed by atoms with van der Waals surface area (Å²) in [5.74, 6) is -2.88. The van der Waals surface area contributed by atoms with Crippen LogP contribution in [-0.2, 0) is 5.41 Å².